The third-order valence-corrected chi connectivity index (χ3v) is 8.00. The molecule has 1 aliphatic heterocycles. The van der Waals surface area contributed by atoms with Crippen molar-refractivity contribution in [1.29, 1.82) is 0 Å². The van der Waals surface area contributed by atoms with Crippen LogP contribution in [0.3, 0.4) is 0 Å². The predicted molar refractivity (Wildman–Crippen MR) is 152 cm³/mol. The molecule has 2 aromatic heterocycles. The molecule has 2 fully saturated rings. The lowest BCUT2D eigenvalue weighted by Gasteiger charge is -2.33. The lowest BCUT2D eigenvalue weighted by Crippen LogP contribution is -2.34. The molecule has 0 bridgehead atoms. The predicted octanol–water partition coefficient (Wildman–Crippen LogP) is 6.00. The molecule has 2 N–H and O–H groups in total. The topological polar surface area (TPSA) is 79.5 Å². The van der Waals surface area contributed by atoms with Crippen LogP contribution >= 0.6 is 0 Å². The molecule has 7 nitrogen and oxygen atoms in total. The maximum absolute atomic E-state index is 12.9. The zero-order valence-corrected chi connectivity index (χ0v) is 22.2. The van der Waals surface area contributed by atoms with Gasteiger partial charge in [-0.2, -0.15) is 0 Å². The first-order valence-corrected chi connectivity index (χ1v) is 13.4. The Labute approximate surface area is 222 Å². The number of pyridine rings is 2. The summed E-state index contributed by atoms with van der Waals surface area (Å²) >= 11 is 0. The number of methoxy groups -OCH3 is 2. The van der Waals surface area contributed by atoms with Crippen LogP contribution < -0.4 is 20.3 Å². The van der Waals surface area contributed by atoms with Gasteiger partial charge in [-0.25, -0.2) is 4.98 Å². The number of benzene rings is 2. The number of aryl methyl sites for hydroxylation is 1. The van der Waals surface area contributed by atoms with Crippen molar-refractivity contribution in [2.45, 2.75) is 44.6 Å². The van der Waals surface area contributed by atoms with Crippen LogP contribution in [0.2, 0.25) is 0 Å². The zero-order chi connectivity index (χ0) is 26.2. The fourth-order valence-corrected chi connectivity index (χ4v) is 5.81. The van der Waals surface area contributed by atoms with Gasteiger partial charge in [0.2, 0.25) is 0 Å². The third kappa shape index (κ3) is 4.74. The third-order valence-electron chi connectivity index (χ3n) is 8.00. The summed E-state index contributed by atoms with van der Waals surface area (Å²) in [5.41, 5.74) is 5.06. The molecule has 3 heterocycles. The van der Waals surface area contributed by atoms with Crippen LogP contribution in [0.1, 0.15) is 42.7 Å². The molecule has 6 rings (SSSR count). The van der Waals surface area contributed by atoms with Crippen LogP contribution in [0.4, 0.5) is 11.5 Å². The SMILES string of the molecule is COc1ccc(-c2cc3cc[nH]c(=O)c3c(Nc3ccc(C4CCN(C5CC5)CC4)c(C)c3)n2)cc1OC. The van der Waals surface area contributed by atoms with E-state index in [1.54, 1.807) is 20.4 Å². The van der Waals surface area contributed by atoms with Gasteiger partial charge in [0.05, 0.1) is 25.3 Å². The number of rotatable bonds is 7. The highest BCUT2D eigenvalue weighted by Gasteiger charge is 2.32. The van der Waals surface area contributed by atoms with Gasteiger partial charge in [0.15, 0.2) is 11.5 Å². The maximum Gasteiger partial charge on any atom is 0.259 e. The smallest absolute Gasteiger partial charge is 0.259 e. The van der Waals surface area contributed by atoms with Gasteiger partial charge in [-0.05, 0) is 111 Å². The Kier molecular flexibility index (Phi) is 6.54. The number of aromatic nitrogens is 2. The van der Waals surface area contributed by atoms with Crippen molar-refractivity contribution in [1.82, 2.24) is 14.9 Å². The van der Waals surface area contributed by atoms with Crippen molar-refractivity contribution in [3.05, 3.63) is 76.2 Å². The molecular formula is C31H34N4O3. The van der Waals surface area contributed by atoms with E-state index < -0.39 is 0 Å². The summed E-state index contributed by atoms with van der Waals surface area (Å²) in [5.74, 6) is 2.41. The van der Waals surface area contributed by atoms with Gasteiger partial charge in [0.25, 0.3) is 5.56 Å². The largest absolute Gasteiger partial charge is 0.493 e. The molecule has 1 aliphatic carbocycles. The Balaban J connectivity index is 1.32. The Morgan fingerprint density at radius 3 is 2.45 bits per heavy atom. The first kappa shape index (κ1) is 24.5. The van der Waals surface area contributed by atoms with E-state index in [1.165, 1.54) is 49.9 Å². The molecule has 2 aromatic carbocycles. The van der Waals surface area contributed by atoms with Gasteiger partial charge in [0, 0.05) is 23.5 Å². The number of hydrogen-bond donors (Lipinski definition) is 2. The van der Waals surface area contributed by atoms with E-state index in [2.05, 4.69) is 40.3 Å². The van der Waals surface area contributed by atoms with Crippen molar-refractivity contribution in [2.24, 2.45) is 0 Å². The van der Waals surface area contributed by atoms with Crippen LogP contribution in [-0.2, 0) is 0 Å². The van der Waals surface area contributed by atoms with Crippen LogP contribution in [-0.4, -0.2) is 48.2 Å². The van der Waals surface area contributed by atoms with E-state index in [0.717, 1.165) is 28.4 Å². The number of H-pyrrole nitrogens is 1. The molecule has 4 aromatic rings. The van der Waals surface area contributed by atoms with E-state index in [4.69, 9.17) is 14.5 Å². The van der Waals surface area contributed by atoms with Crippen molar-refractivity contribution in [3.8, 4) is 22.8 Å². The average Bonchev–Trinajstić information content (AvgIpc) is 3.78. The highest BCUT2D eigenvalue weighted by atomic mass is 16.5. The first-order chi connectivity index (χ1) is 18.5. The molecule has 0 radical (unpaired) electrons. The number of nitrogens with one attached hydrogen (secondary N) is 2. The normalized spacial score (nSPS) is 16.5. The molecule has 0 amide bonds. The molecule has 196 valence electrons. The van der Waals surface area contributed by atoms with Crippen molar-refractivity contribution in [2.75, 3.05) is 32.6 Å². The Morgan fingerprint density at radius 1 is 0.947 bits per heavy atom. The summed E-state index contributed by atoms with van der Waals surface area (Å²) < 4.78 is 10.9. The zero-order valence-electron chi connectivity index (χ0n) is 22.2. The van der Waals surface area contributed by atoms with Crippen LogP contribution in [0.25, 0.3) is 22.0 Å². The minimum atomic E-state index is -0.174. The van der Waals surface area contributed by atoms with Gasteiger partial charge < -0.3 is 24.7 Å². The molecule has 1 saturated heterocycles. The number of piperidine rings is 1. The minimum Gasteiger partial charge on any atom is -0.493 e. The number of hydrogen-bond acceptors (Lipinski definition) is 6. The molecule has 2 aliphatic rings. The van der Waals surface area contributed by atoms with Gasteiger partial charge in [-0.1, -0.05) is 6.07 Å². The summed E-state index contributed by atoms with van der Waals surface area (Å²) in [6.45, 7) is 4.60. The van der Waals surface area contributed by atoms with E-state index in [1.807, 2.05) is 30.3 Å². The number of aromatic amines is 1. The average molecular weight is 511 g/mol. The van der Waals surface area contributed by atoms with E-state index in [-0.39, 0.29) is 5.56 Å². The quantitative estimate of drug-likeness (QED) is 0.317. The van der Waals surface area contributed by atoms with E-state index in [0.29, 0.717) is 28.6 Å². The Morgan fingerprint density at radius 2 is 1.74 bits per heavy atom. The number of nitrogens with zero attached hydrogens (tertiary/aromatic N) is 2. The molecule has 1 saturated carbocycles. The fourth-order valence-electron chi connectivity index (χ4n) is 5.81. The molecule has 38 heavy (non-hydrogen) atoms. The van der Waals surface area contributed by atoms with Gasteiger partial charge in [-0.15, -0.1) is 0 Å². The first-order valence-electron chi connectivity index (χ1n) is 13.4. The lowest BCUT2D eigenvalue weighted by atomic mass is 9.86. The second kappa shape index (κ2) is 10.1. The summed E-state index contributed by atoms with van der Waals surface area (Å²) in [6.07, 6.45) is 6.87. The molecule has 0 unspecified atom stereocenters. The Hall–Kier alpha value is -3.84. The molecule has 0 spiro atoms. The highest BCUT2D eigenvalue weighted by molar-refractivity contribution is 5.95. The van der Waals surface area contributed by atoms with Crippen LogP contribution in [0, 0.1) is 6.92 Å². The summed E-state index contributed by atoms with van der Waals surface area (Å²) in [4.78, 5) is 23.2. The summed E-state index contributed by atoms with van der Waals surface area (Å²) in [5, 5.41) is 4.80. The number of ether oxygens (including phenoxy) is 2. The molecule has 0 atom stereocenters. The maximum atomic E-state index is 12.9. The lowest BCUT2D eigenvalue weighted by molar-refractivity contribution is 0.203. The van der Waals surface area contributed by atoms with E-state index >= 15 is 0 Å². The number of fused-ring (bicyclic) bond motifs is 1. The van der Waals surface area contributed by atoms with Crippen LogP contribution in [0.5, 0.6) is 11.5 Å². The van der Waals surface area contributed by atoms with Crippen LogP contribution in [0.15, 0.2) is 59.5 Å². The van der Waals surface area contributed by atoms with Crippen molar-refractivity contribution in [3.63, 3.8) is 0 Å². The fraction of sp³-hybridized carbons (Fsp3) is 0.355. The number of likely N-dealkylation sites (tertiary alicyclic amines) is 1. The number of anilines is 2. The van der Waals surface area contributed by atoms with Gasteiger partial charge >= 0.3 is 0 Å². The monoisotopic (exact) mass is 510 g/mol. The second-order valence-electron chi connectivity index (χ2n) is 10.4. The molecule has 7 heteroatoms. The standard InChI is InChI=1S/C31H34N4O3/c1-19-16-23(5-8-25(19)20-11-14-35(15-12-20)24-6-7-24)33-30-29-22(10-13-32-31(29)36)17-26(34-30)21-4-9-27(37-2)28(18-21)38-3/h4-5,8-10,13,16-18,20,24H,6-7,11-12,14-15H2,1-3H3,(H,32,36)(H,33,34). The minimum absolute atomic E-state index is 0.174. The molecular weight excluding hydrogens is 476 g/mol. The summed E-state index contributed by atoms with van der Waals surface area (Å²) in [6, 6.07) is 16.9. The van der Waals surface area contributed by atoms with Crippen molar-refractivity contribution < 1.29 is 9.47 Å². The van der Waals surface area contributed by atoms with E-state index in [9.17, 15) is 4.79 Å². The van der Waals surface area contributed by atoms with Gasteiger partial charge in [0.1, 0.15) is 5.82 Å². The van der Waals surface area contributed by atoms with Gasteiger partial charge in [-0.3, -0.25) is 4.79 Å². The second-order valence-corrected chi connectivity index (χ2v) is 10.4. The van der Waals surface area contributed by atoms with Crippen molar-refractivity contribution >= 4 is 22.3 Å². The summed E-state index contributed by atoms with van der Waals surface area (Å²) in [7, 11) is 3.23. The Bertz CT molecular complexity index is 1530. The highest BCUT2D eigenvalue weighted by Crippen LogP contribution is 2.37.